The first-order valence-electron chi connectivity index (χ1n) is 8.94. The summed E-state index contributed by atoms with van der Waals surface area (Å²) in [4.78, 5) is 33.9. The lowest BCUT2D eigenvalue weighted by molar-refractivity contribution is -0.136. The van der Waals surface area contributed by atoms with E-state index in [0.29, 0.717) is 23.7 Å². The number of ether oxygens (including phenoxy) is 1. The topological polar surface area (TPSA) is 88.8 Å². The molecule has 7 nitrogen and oxygen atoms in total. The number of aromatic nitrogens is 1. The third kappa shape index (κ3) is 3.64. The molecule has 3 heterocycles. The summed E-state index contributed by atoms with van der Waals surface area (Å²) in [5, 5.41) is 0.824. The van der Waals surface area contributed by atoms with Crippen molar-refractivity contribution in [2.45, 2.75) is 25.2 Å². The molecular weight excluding hydrogens is 364 g/mol. The van der Waals surface area contributed by atoms with Crippen molar-refractivity contribution in [3.8, 4) is 0 Å². The lowest BCUT2D eigenvalue weighted by Crippen LogP contribution is -2.45. The molecule has 1 aliphatic rings. The molecule has 2 aromatic heterocycles. The van der Waals surface area contributed by atoms with Crippen molar-refractivity contribution in [1.82, 2.24) is 14.8 Å². The Hall–Kier alpha value is -2.19. The molecule has 2 aromatic rings. The van der Waals surface area contributed by atoms with E-state index in [1.54, 1.807) is 14.1 Å². The van der Waals surface area contributed by atoms with Gasteiger partial charge in [0.2, 0.25) is 5.91 Å². The molecule has 1 fully saturated rings. The summed E-state index contributed by atoms with van der Waals surface area (Å²) in [6.07, 6.45) is 1.68. The van der Waals surface area contributed by atoms with Gasteiger partial charge in [0.15, 0.2) is 0 Å². The number of nitrogen functional groups attached to an aromatic ring is 1. The smallest absolute Gasteiger partial charge is 0.265 e. The molecule has 1 aliphatic heterocycles. The number of piperidine rings is 1. The Labute approximate surface area is 163 Å². The number of amides is 2. The molecule has 146 valence electrons. The van der Waals surface area contributed by atoms with Gasteiger partial charge in [-0.05, 0) is 25.0 Å². The number of pyridine rings is 1. The molecule has 8 heteroatoms. The van der Waals surface area contributed by atoms with Crippen molar-refractivity contribution in [1.29, 1.82) is 0 Å². The number of likely N-dealkylation sites (tertiary alicyclic amines) is 1. The van der Waals surface area contributed by atoms with E-state index in [9.17, 15) is 9.59 Å². The average Bonchev–Trinajstić information content (AvgIpc) is 2.98. The Morgan fingerprint density at radius 2 is 2.00 bits per heavy atom. The second kappa shape index (κ2) is 7.44. The van der Waals surface area contributed by atoms with Crippen LogP contribution in [0.5, 0.6) is 0 Å². The predicted molar refractivity (Wildman–Crippen MR) is 107 cm³/mol. The van der Waals surface area contributed by atoms with Crippen molar-refractivity contribution in [3.05, 3.63) is 22.7 Å². The van der Waals surface area contributed by atoms with Gasteiger partial charge in [-0.3, -0.25) is 9.59 Å². The molecule has 0 radical (unpaired) electrons. The largest absolute Gasteiger partial charge is 0.397 e. The normalized spacial score (nSPS) is 16.5. The first-order chi connectivity index (χ1) is 12.8. The molecule has 0 atom stereocenters. The Bertz CT molecular complexity index is 869. The van der Waals surface area contributed by atoms with E-state index in [2.05, 4.69) is 6.92 Å². The lowest BCUT2D eigenvalue weighted by Gasteiger charge is -2.39. The van der Waals surface area contributed by atoms with Crippen LogP contribution >= 0.6 is 11.3 Å². The number of hydrogen-bond donors (Lipinski definition) is 1. The zero-order valence-electron chi connectivity index (χ0n) is 16.2. The minimum Gasteiger partial charge on any atom is -0.397 e. The van der Waals surface area contributed by atoms with Crippen molar-refractivity contribution in [2.24, 2.45) is 0 Å². The van der Waals surface area contributed by atoms with Crippen LogP contribution in [0.15, 0.2) is 12.1 Å². The van der Waals surface area contributed by atoms with E-state index >= 15 is 0 Å². The summed E-state index contributed by atoms with van der Waals surface area (Å²) in [6, 6.07) is 3.96. The van der Waals surface area contributed by atoms with Gasteiger partial charge in [-0.1, -0.05) is 6.92 Å². The van der Waals surface area contributed by atoms with Gasteiger partial charge in [0.05, 0.1) is 5.69 Å². The molecule has 2 N–H and O–H groups in total. The average molecular weight is 391 g/mol. The van der Waals surface area contributed by atoms with Crippen molar-refractivity contribution in [3.63, 3.8) is 0 Å². The molecule has 1 saturated heterocycles. The van der Waals surface area contributed by atoms with Crippen LogP contribution in [0.4, 0.5) is 5.69 Å². The monoisotopic (exact) mass is 390 g/mol. The summed E-state index contributed by atoms with van der Waals surface area (Å²) in [5.74, 6) is -0.0749. The van der Waals surface area contributed by atoms with Gasteiger partial charge >= 0.3 is 0 Å². The maximum absolute atomic E-state index is 12.3. The Morgan fingerprint density at radius 3 is 2.59 bits per heavy atom. The van der Waals surface area contributed by atoms with Gasteiger partial charge < -0.3 is 20.3 Å². The number of thiophene rings is 1. The van der Waals surface area contributed by atoms with Crippen molar-refractivity contribution in [2.75, 3.05) is 46.6 Å². The number of fused-ring (bicyclic) bond motifs is 1. The highest BCUT2D eigenvalue weighted by atomic mass is 32.1. The zero-order chi connectivity index (χ0) is 19.8. The van der Waals surface area contributed by atoms with Gasteiger partial charge in [0.25, 0.3) is 5.91 Å². The maximum Gasteiger partial charge on any atom is 0.265 e. The van der Waals surface area contributed by atoms with Gasteiger partial charge in [0.1, 0.15) is 16.3 Å². The van der Waals surface area contributed by atoms with Crippen LogP contribution in [0.3, 0.4) is 0 Å². The molecule has 0 bridgehead atoms. The Balaban J connectivity index is 1.85. The van der Waals surface area contributed by atoms with Crippen LogP contribution in [-0.2, 0) is 14.9 Å². The van der Waals surface area contributed by atoms with Crippen LogP contribution in [0, 0.1) is 0 Å². The summed E-state index contributed by atoms with van der Waals surface area (Å²) in [5.41, 5.74) is 7.56. The highest BCUT2D eigenvalue weighted by Gasteiger charge is 2.35. The fraction of sp³-hybridized carbons (Fsp3) is 0.526. The molecular formula is C19H26N4O3S. The van der Waals surface area contributed by atoms with E-state index in [1.165, 1.54) is 23.3 Å². The third-order valence-corrected chi connectivity index (χ3v) is 6.40. The summed E-state index contributed by atoms with van der Waals surface area (Å²) >= 11 is 1.34. The Morgan fingerprint density at radius 1 is 1.33 bits per heavy atom. The van der Waals surface area contributed by atoms with E-state index in [-0.39, 0.29) is 23.8 Å². The highest BCUT2D eigenvalue weighted by molar-refractivity contribution is 7.21. The Kier molecular flexibility index (Phi) is 5.39. The fourth-order valence-corrected chi connectivity index (χ4v) is 4.53. The van der Waals surface area contributed by atoms with Crippen LogP contribution in [0.25, 0.3) is 10.2 Å². The molecule has 0 aromatic carbocycles. The van der Waals surface area contributed by atoms with Gasteiger partial charge in [-0.15, -0.1) is 11.3 Å². The molecule has 27 heavy (non-hydrogen) atoms. The fourth-order valence-electron chi connectivity index (χ4n) is 3.42. The molecule has 3 rings (SSSR count). The number of methoxy groups -OCH3 is 1. The summed E-state index contributed by atoms with van der Waals surface area (Å²) < 4.78 is 4.95. The van der Waals surface area contributed by atoms with Crippen molar-refractivity contribution < 1.29 is 14.3 Å². The predicted octanol–water partition coefficient (Wildman–Crippen LogP) is 2.11. The van der Waals surface area contributed by atoms with E-state index in [1.807, 2.05) is 17.0 Å². The van der Waals surface area contributed by atoms with Gasteiger partial charge in [-0.2, -0.15) is 0 Å². The molecule has 0 saturated carbocycles. The first-order valence-corrected chi connectivity index (χ1v) is 9.76. The molecule has 0 aliphatic carbocycles. The quantitative estimate of drug-likeness (QED) is 0.864. The number of hydrogen-bond acceptors (Lipinski definition) is 6. The lowest BCUT2D eigenvalue weighted by atomic mass is 9.77. The third-order valence-electron chi connectivity index (χ3n) is 5.30. The number of nitrogens with two attached hydrogens (primary N) is 1. The highest BCUT2D eigenvalue weighted by Crippen LogP contribution is 2.38. The number of nitrogens with zero attached hydrogens (tertiary/aromatic N) is 3. The van der Waals surface area contributed by atoms with Crippen molar-refractivity contribution >= 4 is 39.1 Å². The van der Waals surface area contributed by atoms with Crippen LogP contribution in [0.1, 0.15) is 35.1 Å². The minimum atomic E-state index is -0.109. The number of anilines is 1. The molecule has 0 spiro atoms. The maximum atomic E-state index is 12.3. The molecule has 0 unspecified atom stereocenters. The first kappa shape index (κ1) is 19.6. The minimum absolute atomic E-state index is 0.0285. The second-order valence-corrected chi connectivity index (χ2v) is 8.47. The molecule has 2 amide bonds. The number of carbonyl (C=O) groups is 2. The van der Waals surface area contributed by atoms with Crippen LogP contribution in [-0.4, -0.2) is 67.5 Å². The number of rotatable bonds is 4. The van der Waals surface area contributed by atoms with Gasteiger partial charge in [-0.25, -0.2) is 4.98 Å². The van der Waals surface area contributed by atoms with E-state index in [0.717, 1.165) is 28.8 Å². The second-order valence-electron chi connectivity index (χ2n) is 7.47. The van der Waals surface area contributed by atoms with Gasteiger partial charge in [0, 0.05) is 50.8 Å². The zero-order valence-corrected chi connectivity index (χ0v) is 17.1. The summed E-state index contributed by atoms with van der Waals surface area (Å²) in [7, 11) is 4.96. The van der Waals surface area contributed by atoms with Crippen LogP contribution in [0.2, 0.25) is 0 Å². The SMILES string of the molecule is COCC(=O)N1CCC(C)(c2ccc3c(N)c(C(=O)N(C)C)sc3n2)CC1. The van der Waals surface area contributed by atoms with E-state index < -0.39 is 0 Å². The summed E-state index contributed by atoms with van der Waals surface area (Å²) in [6.45, 7) is 3.69. The number of carbonyl (C=O) groups excluding carboxylic acids is 2. The van der Waals surface area contributed by atoms with Crippen LogP contribution < -0.4 is 5.73 Å². The standard InChI is InChI=1S/C19H26N4O3S/c1-19(7-9-23(10-8-19)14(24)11-26-4)13-6-5-12-15(20)16(18(25)22(2)3)27-17(12)21-13/h5-6H,7-11,20H2,1-4H3. The van der Waals surface area contributed by atoms with E-state index in [4.69, 9.17) is 15.5 Å².